The van der Waals surface area contributed by atoms with E-state index >= 15 is 0 Å². The number of carbonyl (C=O) groups is 1. The van der Waals surface area contributed by atoms with Crippen LogP contribution in [0.25, 0.3) is 0 Å². The summed E-state index contributed by atoms with van der Waals surface area (Å²) in [7, 11) is 0. The van der Waals surface area contributed by atoms with E-state index in [4.69, 9.17) is 4.74 Å². The van der Waals surface area contributed by atoms with Gasteiger partial charge in [-0.15, -0.1) is 0 Å². The van der Waals surface area contributed by atoms with E-state index < -0.39 is 0 Å². The number of rotatable bonds is 8. The molecular formula is C26H35FN2O2. The summed E-state index contributed by atoms with van der Waals surface area (Å²) in [6, 6.07) is 12.3. The SMILES string of the molecule is CC(C)Cc1cc(C(=O)N2CCN(CC(C)C)CC2)ccc1OCc1ccccc1F. The molecule has 2 aromatic carbocycles. The summed E-state index contributed by atoms with van der Waals surface area (Å²) in [5.41, 5.74) is 2.22. The van der Waals surface area contributed by atoms with Gasteiger partial charge in [-0.3, -0.25) is 9.69 Å². The Morgan fingerprint density at radius 2 is 1.68 bits per heavy atom. The molecule has 0 aliphatic carbocycles. The van der Waals surface area contributed by atoms with E-state index in [9.17, 15) is 9.18 Å². The van der Waals surface area contributed by atoms with Gasteiger partial charge in [-0.2, -0.15) is 0 Å². The zero-order chi connectivity index (χ0) is 22.4. The Balaban J connectivity index is 1.70. The maximum absolute atomic E-state index is 13.9. The van der Waals surface area contributed by atoms with Crippen molar-refractivity contribution in [1.29, 1.82) is 0 Å². The van der Waals surface area contributed by atoms with Crippen molar-refractivity contribution >= 4 is 5.91 Å². The predicted molar refractivity (Wildman–Crippen MR) is 123 cm³/mol. The Hall–Kier alpha value is -2.40. The summed E-state index contributed by atoms with van der Waals surface area (Å²) in [6.07, 6.45) is 0.801. The van der Waals surface area contributed by atoms with Crippen molar-refractivity contribution in [1.82, 2.24) is 9.80 Å². The first-order valence-electron chi connectivity index (χ1n) is 11.3. The lowest BCUT2D eigenvalue weighted by Gasteiger charge is -2.35. The number of benzene rings is 2. The quantitative estimate of drug-likeness (QED) is 0.594. The Kier molecular flexibility index (Phi) is 8.08. The minimum absolute atomic E-state index is 0.0786. The number of carbonyl (C=O) groups excluding carboxylic acids is 1. The molecule has 0 spiro atoms. The molecular weight excluding hydrogens is 391 g/mol. The van der Waals surface area contributed by atoms with Crippen LogP contribution in [0.5, 0.6) is 5.75 Å². The van der Waals surface area contributed by atoms with Crippen molar-refractivity contribution in [3.8, 4) is 5.75 Å². The molecule has 1 amide bonds. The van der Waals surface area contributed by atoms with Crippen molar-refractivity contribution in [2.45, 2.75) is 40.7 Å². The Bertz CT molecular complexity index is 873. The average Bonchev–Trinajstić information content (AvgIpc) is 2.73. The molecule has 168 valence electrons. The van der Waals surface area contributed by atoms with Crippen LogP contribution in [0.15, 0.2) is 42.5 Å². The molecule has 0 bridgehead atoms. The fourth-order valence-electron chi connectivity index (χ4n) is 4.06. The van der Waals surface area contributed by atoms with Crippen LogP contribution in [-0.4, -0.2) is 48.4 Å². The lowest BCUT2D eigenvalue weighted by atomic mass is 9.99. The van der Waals surface area contributed by atoms with Crippen LogP contribution in [0.2, 0.25) is 0 Å². The van der Waals surface area contributed by atoms with E-state index in [1.54, 1.807) is 18.2 Å². The van der Waals surface area contributed by atoms with E-state index in [1.165, 1.54) is 6.07 Å². The molecule has 2 aromatic rings. The lowest BCUT2D eigenvalue weighted by molar-refractivity contribution is 0.0623. The number of piperazine rings is 1. The molecule has 0 saturated carbocycles. The zero-order valence-electron chi connectivity index (χ0n) is 19.2. The van der Waals surface area contributed by atoms with Gasteiger partial charge in [0.15, 0.2) is 0 Å². The molecule has 1 heterocycles. The van der Waals surface area contributed by atoms with Gasteiger partial charge in [0.25, 0.3) is 5.91 Å². The van der Waals surface area contributed by atoms with Crippen LogP contribution in [0.1, 0.15) is 49.2 Å². The van der Waals surface area contributed by atoms with Gasteiger partial charge in [-0.1, -0.05) is 45.9 Å². The van der Waals surface area contributed by atoms with E-state index in [1.807, 2.05) is 23.1 Å². The van der Waals surface area contributed by atoms with Crippen LogP contribution in [0.4, 0.5) is 4.39 Å². The summed E-state index contributed by atoms with van der Waals surface area (Å²) in [5.74, 6) is 1.58. The summed E-state index contributed by atoms with van der Waals surface area (Å²) in [4.78, 5) is 17.5. The van der Waals surface area contributed by atoms with Crippen molar-refractivity contribution in [3.63, 3.8) is 0 Å². The van der Waals surface area contributed by atoms with Crippen LogP contribution >= 0.6 is 0 Å². The maximum Gasteiger partial charge on any atom is 0.253 e. The highest BCUT2D eigenvalue weighted by Gasteiger charge is 2.23. The normalized spacial score (nSPS) is 15.0. The van der Waals surface area contributed by atoms with E-state index in [2.05, 4.69) is 32.6 Å². The first-order valence-corrected chi connectivity index (χ1v) is 11.3. The summed E-state index contributed by atoms with van der Waals surface area (Å²) < 4.78 is 19.9. The Morgan fingerprint density at radius 3 is 2.32 bits per heavy atom. The third-order valence-corrected chi connectivity index (χ3v) is 5.56. The second-order valence-electron chi connectivity index (χ2n) is 9.29. The van der Waals surface area contributed by atoms with Crippen molar-refractivity contribution in [2.24, 2.45) is 11.8 Å². The molecule has 3 rings (SSSR count). The minimum Gasteiger partial charge on any atom is -0.489 e. The van der Waals surface area contributed by atoms with Crippen molar-refractivity contribution in [2.75, 3.05) is 32.7 Å². The molecule has 0 unspecified atom stereocenters. The van der Waals surface area contributed by atoms with Gasteiger partial charge in [0.2, 0.25) is 0 Å². The van der Waals surface area contributed by atoms with Crippen LogP contribution < -0.4 is 4.74 Å². The van der Waals surface area contributed by atoms with E-state index in [0.717, 1.165) is 50.5 Å². The molecule has 31 heavy (non-hydrogen) atoms. The van der Waals surface area contributed by atoms with Crippen molar-refractivity contribution < 1.29 is 13.9 Å². The third kappa shape index (κ3) is 6.54. The molecule has 0 radical (unpaired) electrons. The zero-order valence-corrected chi connectivity index (χ0v) is 19.2. The Labute approximate surface area is 186 Å². The number of hydrogen-bond donors (Lipinski definition) is 0. The molecule has 1 saturated heterocycles. The summed E-state index contributed by atoms with van der Waals surface area (Å²) in [5, 5.41) is 0. The van der Waals surface area contributed by atoms with Gasteiger partial charge < -0.3 is 9.64 Å². The number of amides is 1. The van der Waals surface area contributed by atoms with Crippen LogP contribution in [-0.2, 0) is 13.0 Å². The number of nitrogens with zero attached hydrogens (tertiary/aromatic N) is 2. The molecule has 1 aliphatic rings. The van der Waals surface area contributed by atoms with E-state index in [0.29, 0.717) is 23.0 Å². The highest BCUT2D eigenvalue weighted by molar-refractivity contribution is 5.94. The molecule has 0 atom stereocenters. The molecule has 5 heteroatoms. The van der Waals surface area contributed by atoms with E-state index in [-0.39, 0.29) is 18.3 Å². The third-order valence-electron chi connectivity index (χ3n) is 5.56. The van der Waals surface area contributed by atoms with Crippen LogP contribution in [0.3, 0.4) is 0 Å². The van der Waals surface area contributed by atoms with Crippen molar-refractivity contribution in [3.05, 3.63) is 65.0 Å². The minimum atomic E-state index is -0.267. The number of halogens is 1. The highest BCUT2D eigenvalue weighted by Crippen LogP contribution is 2.26. The first kappa shape index (κ1) is 23.3. The lowest BCUT2D eigenvalue weighted by Crippen LogP contribution is -2.49. The first-order chi connectivity index (χ1) is 14.8. The fourth-order valence-corrected chi connectivity index (χ4v) is 4.06. The monoisotopic (exact) mass is 426 g/mol. The Morgan fingerprint density at radius 1 is 0.968 bits per heavy atom. The largest absolute Gasteiger partial charge is 0.489 e. The summed E-state index contributed by atoms with van der Waals surface area (Å²) in [6.45, 7) is 13.4. The smallest absolute Gasteiger partial charge is 0.253 e. The average molecular weight is 427 g/mol. The second kappa shape index (κ2) is 10.8. The molecule has 0 N–H and O–H groups in total. The van der Waals surface area contributed by atoms with Gasteiger partial charge in [-0.05, 0) is 48.1 Å². The van der Waals surface area contributed by atoms with Gasteiger partial charge in [0, 0.05) is 43.9 Å². The standard InChI is InChI=1S/C26H35FN2O2/c1-19(2)15-23-16-21(26(30)29-13-11-28(12-14-29)17-20(3)4)9-10-25(23)31-18-22-7-5-6-8-24(22)27/h5-10,16,19-20H,11-15,17-18H2,1-4H3. The molecule has 1 aliphatic heterocycles. The van der Waals surface area contributed by atoms with Gasteiger partial charge in [-0.25, -0.2) is 4.39 Å². The van der Waals surface area contributed by atoms with Crippen LogP contribution in [0, 0.1) is 17.7 Å². The number of ether oxygens (including phenoxy) is 1. The second-order valence-corrected chi connectivity index (χ2v) is 9.29. The predicted octanol–water partition coefficient (Wildman–Crippen LogP) is 5.02. The van der Waals surface area contributed by atoms with Gasteiger partial charge in [0.05, 0.1) is 0 Å². The summed E-state index contributed by atoms with van der Waals surface area (Å²) >= 11 is 0. The molecule has 1 fully saturated rings. The number of hydrogen-bond acceptors (Lipinski definition) is 3. The van der Waals surface area contributed by atoms with Gasteiger partial charge >= 0.3 is 0 Å². The fraction of sp³-hybridized carbons (Fsp3) is 0.500. The topological polar surface area (TPSA) is 32.8 Å². The maximum atomic E-state index is 13.9. The highest BCUT2D eigenvalue weighted by atomic mass is 19.1. The molecule has 0 aromatic heterocycles. The van der Waals surface area contributed by atoms with Gasteiger partial charge in [0.1, 0.15) is 18.2 Å². The molecule has 4 nitrogen and oxygen atoms in total.